The molecule has 3 N–H and O–H groups in total. The van der Waals surface area contributed by atoms with Crippen molar-refractivity contribution in [1.82, 2.24) is 10.4 Å². The average Bonchev–Trinajstić information content (AvgIpc) is 2.35. The standard InChI is InChI=1S/C14H16BrN3/c1-9-7-12(15)5-6-13(9)14(18-16)11-4-3-10(2)17-8-11/h3-8,14,18H,16H2,1-2H3. The number of hydrazine groups is 1. The van der Waals surface area contributed by atoms with Crippen LogP contribution in [0.3, 0.4) is 0 Å². The number of aryl methyl sites for hydroxylation is 2. The Hall–Kier alpha value is -1.23. The van der Waals surface area contributed by atoms with Crippen molar-refractivity contribution in [2.75, 3.05) is 0 Å². The second-order valence-electron chi connectivity index (χ2n) is 4.33. The van der Waals surface area contributed by atoms with Gasteiger partial charge in [0, 0.05) is 16.4 Å². The number of pyridine rings is 1. The average molecular weight is 306 g/mol. The minimum Gasteiger partial charge on any atom is -0.271 e. The molecule has 0 aliphatic carbocycles. The normalized spacial score (nSPS) is 12.4. The lowest BCUT2D eigenvalue weighted by Gasteiger charge is -2.19. The molecule has 4 heteroatoms. The first-order valence-corrected chi connectivity index (χ1v) is 6.56. The highest BCUT2D eigenvalue weighted by atomic mass is 79.9. The van der Waals surface area contributed by atoms with Crippen LogP contribution in [0.25, 0.3) is 0 Å². The van der Waals surface area contributed by atoms with Crippen LogP contribution in [0.2, 0.25) is 0 Å². The predicted molar refractivity (Wildman–Crippen MR) is 77.0 cm³/mol. The van der Waals surface area contributed by atoms with Crippen LogP contribution in [0, 0.1) is 13.8 Å². The molecule has 0 saturated heterocycles. The van der Waals surface area contributed by atoms with E-state index in [1.807, 2.05) is 31.3 Å². The second kappa shape index (κ2) is 5.61. The van der Waals surface area contributed by atoms with E-state index in [0.717, 1.165) is 21.3 Å². The molecular formula is C14H16BrN3. The van der Waals surface area contributed by atoms with Gasteiger partial charge in [-0.2, -0.15) is 0 Å². The van der Waals surface area contributed by atoms with Gasteiger partial charge in [-0.3, -0.25) is 10.8 Å². The van der Waals surface area contributed by atoms with E-state index in [2.05, 4.69) is 45.4 Å². The van der Waals surface area contributed by atoms with Crippen LogP contribution < -0.4 is 11.3 Å². The van der Waals surface area contributed by atoms with Gasteiger partial charge in [0.15, 0.2) is 0 Å². The summed E-state index contributed by atoms with van der Waals surface area (Å²) in [5.74, 6) is 5.69. The number of nitrogens with two attached hydrogens (primary N) is 1. The van der Waals surface area contributed by atoms with Crippen LogP contribution in [-0.4, -0.2) is 4.98 Å². The molecule has 1 heterocycles. The number of aromatic nitrogens is 1. The van der Waals surface area contributed by atoms with E-state index in [9.17, 15) is 0 Å². The van der Waals surface area contributed by atoms with Crippen molar-refractivity contribution in [3.05, 3.63) is 63.4 Å². The number of benzene rings is 1. The van der Waals surface area contributed by atoms with Gasteiger partial charge >= 0.3 is 0 Å². The summed E-state index contributed by atoms with van der Waals surface area (Å²) >= 11 is 3.47. The molecule has 0 spiro atoms. The van der Waals surface area contributed by atoms with Gasteiger partial charge in [0.05, 0.1) is 6.04 Å². The Morgan fingerprint density at radius 2 is 2.00 bits per heavy atom. The predicted octanol–water partition coefficient (Wildman–Crippen LogP) is 3.01. The summed E-state index contributed by atoms with van der Waals surface area (Å²) in [7, 11) is 0. The maximum atomic E-state index is 5.69. The topological polar surface area (TPSA) is 50.9 Å². The van der Waals surface area contributed by atoms with E-state index >= 15 is 0 Å². The highest BCUT2D eigenvalue weighted by Gasteiger charge is 2.14. The molecule has 2 aromatic rings. The van der Waals surface area contributed by atoms with Crippen molar-refractivity contribution >= 4 is 15.9 Å². The SMILES string of the molecule is Cc1ccc(C(NN)c2ccc(Br)cc2C)cn1. The molecular weight excluding hydrogens is 290 g/mol. The fraction of sp³-hybridized carbons (Fsp3) is 0.214. The summed E-state index contributed by atoms with van der Waals surface area (Å²) in [6.07, 6.45) is 1.86. The molecule has 2 rings (SSSR count). The molecule has 0 bridgehead atoms. The van der Waals surface area contributed by atoms with Crippen LogP contribution >= 0.6 is 15.9 Å². The van der Waals surface area contributed by atoms with Crippen LogP contribution in [-0.2, 0) is 0 Å². The fourth-order valence-electron chi connectivity index (χ4n) is 1.98. The molecule has 0 amide bonds. The van der Waals surface area contributed by atoms with Crippen LogP contribution in [0.1, 0.15) is 28.4 Å². The lowest BCUT2D eigenvalue weighted by molar-refractivity contribution is 0.631. The highest BCUT2D eigenvalue weighted by Crippen LogP contribution is 2.26. The van der Waals surface area contributed by atoms with Crippen molar-refractivity contribution in [3.63, 3.8) is 0 Å². The Bertz CT molecular complexity index is 537. The zero-order valence-electron chi connectivity index (χ0n) is 10.4. The lowest BCUT2D eigenvalue weighted by Crippen LogP contribution is -2.29. The monoisotopic (exact) mass is 305 g/mol. The molecule has 0 saturated carbocycles. The van der Waals surface area contributed by atoms with Gasteiger partial charge in [0.25, 0.3) is 0 Å². The van der Waals surface area contributed by atoms with Gasteiger partial charge in [-0.15, -0.1) is 0 Å². The third-order valence-corrected chi connectivity index (χ3v) is 3.47. The minimum absolute atomic E-state index is 0.0359. The van der Waals surface area contributed by atoms with Crippen molar-refractivity contribution < 1.29 is 0 Å². The molecule has 0 aliphatic rings. The van der Waals surface area contributed by atoms with Gasteiger partial charge in [-0.05, 0) is 48.7 Å². The molecule has 1 aromatic heterocycles. The smallest absolute Gasteiger partial charge is 0.0727 e. The van der Waals surface area contributed by atoms with Gasteiger partial charge < -0.3 is 0 Å². The van der Waals surface area contributed by atoms with Gasteiger partial charge in [0.2, 0.25) is 0 Å². The largest absolute Gasteiger partial charge is 0.271 e. The van der Waals surface area contributed by atoms with Crippen molar-refractivity contribution in [2.24, 2.45) is 5.84 Å². The zero-order chi connectivity index (χ0) is 13.1. The summed E-state index contributed by atoms with van der Waals surface area (Å²) in [6.45, 7) is 4.05. The van der Waals surface area contributed by atoms with Crippen LogP contribution in [0.5, 0.6) is 0 Å². The summed E-state index contributed by atoms with van der Waals surface area (Å²) < 4.78 is 1.07. The van der Waals surface area contributed by atoms with E-state index < -0.39 is 0 Å². The maximum absolute atomic E-state index is 5.69. The molecule has 94 valence electrons. The Kier molecular flexibility index (Phi) is 4.11. The third kappa shape index (κ3) is 2.77. The molecule has 0 radical (unpaired) electrons. The Labute approximate surface area is 116 Å². The van der Waals surface area contributed by atoms with Crippen LogP contribution in [0.4, 0.5) is 0 Å². The van der Waals surface area contributed by atoms with E-state index in [1.54, 1.807) is 0 Å². The minimum atomic E-state index is -0.0359. The molecule has 1 aromatic carbocycles. The van der Waals surface area contributed by atoms with Crippen molar-refractivity contribution in [3.8, 4) is 0 Å². The van der Waals surface area contributed by atoms with E-state index in [4.69, 9.17) is 5.84 Å². The Balaban J connectivity index is 2.41. The van der Waals surface area contributed by atoms with Crippen molar-refractivity contribution in [1.29, 1.82) is 0 Å². The summed E-state index contributed by atoms with van der Waals surface area (Å²) in [5, 5.41) is 0. The van der Waals surface area contributed by atoms with Gasteiger partial charge in [-0.1, -0.05) is 28.1 Å². The number of halogens is 1. The maximum Gasteiger partial charge on any atom is 0.0727 e. The number of hydrogen-bond donors (Lipinski definition) is 2. The quantitative estimate of drug-likeness (QED) is 0.677. The molecule has 3 nitrogen and oxygen atoms in total. The van der Waals surface area contributed by atoms with E-state index in [-0.39, 0.29) is 6.04 Å². The molecule has 0 fully saturated rings. The van der Waals surface area contributed by atoms with E-state index in [1.165, 1.54) is 5.56 Å². The first-order chi connectivity index (χ1) is 8.61. The number of nitrogens with one attached hydrogen (secondary N) is 1. The number of hydrogen-bond acceptors (Lipinski definition) is 3. The van der Waals surface area contributed by atoms with Gasteiger partial charge in [-0.25, -0.2) is 5.43 Å². The molecule has 18 heavy (non-hydrogen) atoms. The first kappa shape index (κ1) is 13.2. The second-order valence-corrected chi connectivity index (χ2v) is 5.25. The Morgan fingerprint density at radius 1 is 1.22 bits per heavy atom. The zero-order valence-corrected chi connectivity index (χ0v) is 12.0. The summed E-state index contributed by atoms with van der Waals surface area (Å²) in [5.41, 5.74) is 7.27. The number of rotatable bonds is 3. The summed E-state index contributed by atoms with van der Waals surface area (Å²) in [6, 6.07) is 10.2. The number of nitrogens with zero attached hydrogens (tertiary/aromatic N) is 1. The molecule has 0 aliphatic heterocycles. The van der Waals surface area contributed by atoms with E-state index in [0.29, 0.717) is 0 Å². The first-order valence-electron chi connectivity index (χ1n) is 5.76. The molecule has 1 unspecified atom stereocenters. The van der Waals surface area contributed by atoms with Crippen molar-refractivity contribution in [2.45, 2.75) is 19.9 Å². The Morgan fingerprint density at radius 3 is 2.56 bits per heavy atom. The van der Waals surface area contributed by atoms with Crippen LogP contribution in [0.15, 0.2) is 41.0 Å². The highest BCUT2D eigenvalue weighted by molar-refractivity contribution is 9.10. The molecule has 1 atom stereocenters. The fourth-order valence-corrected chi connectivity index (χ4v) is 2.45. The third-order valence-electron chi connectivity index (χ3n) is 2.98. The summed E-state index contributed by atoms with van der Waals surface area (Å²) in [4.78, 5) is 4.32. The lowest BCUT2D eigenvalue weighted by atomic mass is 9.96. The van der Waals surface area contributed by atoms with Gasteiger partial charge in [0.1, 0.15) is 0 Å².